The van der Waals surface area contributed by atoms with E-state index in [-0.39, 0.29) is 17.8 Å². The fourth-order valence-electron chi connectivity index (χ4n) is 4.67. The number of phenols is 1. The van der Waals surface area contributed by atoms with Crippen molar-refractivity contribution in [3.63, 3.8) is 0 Å². The van der Waals surface area contributed by atoms with Crippen molar-refractivity contribution in [1.29, 1.82) is 0 Å². The van der Waals surface area contributed by atoms with Gasteiger partial charge in [-0.3, -0.25) is 4.98 Å². The molecule has 2 aromatic heterocycles. The van der Waals surface area contributed by atoms with Crippen LogP contribution >= 0.6 is 0 Å². The van der Waals surface area contributed by atoms with Crippen LogP contribution in [-0.4, -0.2) is 56.2 Å². The van der Waals surface area contributed by atoms with Crippen molar-refractivity contribution < 1.29 is 13.9 Å². The van der Waals surface area contributed by atoms with Gasteiger partial charge in [-0.15, -0.1) is 0 Å². The summed E-state index contributed by atoms with van der Waals surface area (Å²) in [7, 11) is 1.86. The average Bonchev–Trinajstić information content (AvgIpc) is 3.43. The second-order valence-corrected chi connectivity index (χ2v) is 8.29. The summed E-state index contributed by atoms with van der Waals surface area (Å²) in [6.07, 6.45) is 8.03. The Labute approximate surface area is 178 Å². The second kappa shape index (κ2) is 7.88. The smallest absolute Gasteiger partial charge is 0.181 e. The molecule has 0 radical (unpaired) electrons. The van der Waals surface area contributed by atoms with Crippen LogP contribution < -0.4 is 10.2 Å². The van der Waals surface area contributed by atoms with Gasteiger partial charge in [-0.2, -0.15) is 5.10 Å². The van der Waals surface area contributed by atoms with Gasteiger partial charge in [0, 0.05) is 36.5 Å². The summed E-state index contributed by atoms with van der Waals surface area (Å²) >= 11 is 0. The van der Waals surface area contributed by atoms with Gasteiger partial charge in [-0.1, -0.05) is 6.07 Å². The lowest BCUT2D eigenvalue weighted by Gasteiger charge is -2.38. The van der Waals surface area contributed by atoms with Crippen LogP contribution in [0.3, 0.4) is 0 Å². The summed E-state index contributed by atoms with van der Waals surface area (Å²) in [6.45, 7) is -0.706. The molecular weight excluding hydrogens is 402 g/mol. The summed E-state index contributed by atoms with van der Waals surface area (Å²) in [5.41, 5.74) is 2.48. The summed E-state index contributed by atoms with van der Waals surface area (Å²) in [5.74, 6) is 0.645. The molecular formula is C22H24F2N6O. The fraction of sp³-hybridized carbons (Fsp3) is 0.409. The zero-order valence-electron chi connectivity index (χ0n) is 17.1. The molecule has 2 unspecified atom stereocenters. The third-order valence-electron chi connectivity index (χ3n) is 6.41. The fourth-order valence-corrected chi connectivity index (χ4v) is 4.67. The number of nitrogens with one attached hydrogen (secondary N) is 1. The number of rotatable bonds is 5. The quantitative estimate of drug-likeness (QED) is 0.652. The van der Waals surface area contributed by atoms with E-state index in [0.29, 0.717) is 28.7 Å². The first-order valence-electron chi connectivity index (χ1n) is 10.4. The van der Waals surface area contributed by atoms with Crippen molar-refractivity contribution in [1.82, 2.24) is 25.1 Å². The zero-order chi connectivity index (χ0) is 21.5. The van der Waals surface area contributed by atoms with Crippen LogP contribution in [0.15, 0.2) is 43.0 Å². The monoisotopic (exact) mass is 426 g/mol. The Hall–Kier alpha value is -3.07. The third kappa shape index (κ3) is 3.63. The molecule has 0 aliphatic carbocycles. The van der Waals surface area contributed by atoms with Crippen LogP contribution in [0.1, 0.15) is 19.3 Å². The van der Waals surface area contributed by atoms with Crippen molar-refractivity contribution in [2.45, 2.75) is 50.4 Å². The Morgan fingerprint density at radius 3 is 2.77 bits per heavy atom. The highest BCUT2D eigenvalue weighted by Gasteiger charge is 2.43. The van der Waals surface area contributed by atoms with E-state index in [1.54, 1.807) is 36.9 Å². The first-order valence-corrected chi connectivity index (χ1v) is 10.4. The van der Waals surface area contributed by atoms with E-state index in [0.717, 1.165) is 24.8 Å². The van der Waals surface area contributed by atoms with Gasteiger partial charge in [-0.25, -0.2) is 18.4 Å². The Balaban J connectivity index is 1.35. The maximum absolute atomic E-state index is 14.9. The van der Waals surface area contributed by atoms with Crippen LogP contribution in [0.25, 0.3) is 22.4 Å². The first-order chi connectivity index (χ1) is 15.0. The van der Waals surface area contributed by atoms with E-state index in [4.69, 9.17) is 0 Å². The summed E-state index contributed by atoms with van der Waals surface area (Å²) in [5, 5.41) is 17.8. The molecule has 4 heterocycles. The topological polar surface area (TPSA) is 79.1 Å². The highest BCUT2D eigenvalue weighted by molar-refractivity contribution is 5.73. The highest BCUT2D eigenvalue weighted by atomic mass is 19.1. The molecule has 9 heteroatoms. The van der Waals surface area contributed by atoms with Crippen molar-refractivity contribution in [2.75, 3.05) is 11.9 Å². The molecule has 0 spiro atoms. The molecule has 5 rings (SSSR count). The van der Waals surface area contributed by atoms with Crippen molar-refractivity contribution in [2.24, 2.45) is 0 Å². The van der Waals surface area contributed by atoms with Crippen molar-refractivity contribution in [3.8, 4) is 28.1 Å². The minimum atomic E-state index is -0.941. The number of aromatic hydroxyl groups is 1. The minimum Gasteiger partial charge on any atom is -0.507 e. The number of anilines is 1. The van der Waals surface area contributed by atoms with Gasteiger partial charge in [0.2, 0.25) is 0 Å². The Kier molecular flexibility index (Phi) is 5.05. The standard InChI is InChI=1S/C22H24F2N6O/c1-29(19-7-15-3-5-17(28-15)22(19)24)21-10-25-18(9-26-21)16-4-2-13(6-20(16)31)14-8-27-30(11-14)12-23/h2,4,6,8-11,15,17,19,22,28,31H,3,5,7,12H2,1H3/t15?,17?,19-,22+/m1/s1. The number of benzene rings is 1. The maximum atomic E-state index is 14.9. The van der Waals surface area contributed by atoms with E-state index in [9.17, 15) is 13.9 Å². The van der Waals surface area contributed by atoms with Crippen molar-refractivity contribution >= 4 is 5.82 Å². The Morgan fingerprint density at radius 1 is 1.19 bits per heavy atom. The molecule has 0 saturated carbocycles. The van der Waals surface area contributed by atoms with E-state index >= 15 is 0 Å². The molecule has 1 aromatic carbocycles. The largest absolute Gasteiger partial charge is 0.507 e. The number of hydrogen-bond donors (Lipinski definition) is 2. The second-order valence-electron chi connectivity index (χ2n) is 8.29. The summed E-state index contributed by atoms with van der Waals surface area (Å²) < 4.78 is 28.7. The Bertz CT molecular complexity index is 1070. The minimum absolute atomic E-state index is 0.0413. The van der Waals surface area contributed by atoms with Gasteiger partial charge >= 0.3 is 0 Å². The molecule has 0 amide bonds. The SMILES string of the molecule is CN(c1cnc(-c2ccc(-c3cnn(CF)c3)cc2O)cn1)[C@@H]1CC2CCC(N2)[C@@H]1F. The average molecular weight is 426 g/mol. The summed E-state index contributed by atoms with van der Waals surface area (Å²) in [4.78, 5) is 10.8. The molecule has 2 aliphatic rings. The molecule has 162 valence electrons. The number of aromatic nitrogens is 4. The molecule has 7 nitrogen and oxygen atoms in total. The number of halogens is 2. The zero-order valence-corrected chi connectivity index (χ0v) is 17.1. The van der Waals surface area contributed by atoms with Gasteiger partial charge in [0.1, 0.15) is 17.7 Å². The first kappa shape index (κ1) is 19.9. The van der Waals surface area contributed by atoms with Gasteiger partial charge < -0.3 is 15.3 Å². The van der Waals surface area contributed by atoms with E-state index in [1.807, 2.05) is 18.0 Å². The van der Waals surface area contributed by atoms with Crippen molar-refractivity contribution in [3.05, 3.63) is 43.0 Å². The highest BCUT2D eigenvalue weighted by Crippen LogP contribution is 2.35. The number of nitrogens with zero attached hydrogens (tertiary/aromatic N) is 5. The molecule has 4 atom stereocenters. The van der Waals surface area contributed by atoms with E-state index in [2.05, 4.69) is 20.4 Å². The van der Waals surface area contributed by atoms with E-state index in [1.165, 1.54) is 4.68 Å². The molecule has 2 saturated heterocycles. The normalized spacial score (nSPS) is 25.0. The predicted molar refractivity (Wildman–Crippen MR) is 113 cm³/mol. The van der Waals surface area contributed by atoms with Gasteiger partial charge in [-0.05, 0) is 37.0 Å². The summed E-state index contributed by atoms with van der Waals surface area (Å²) in [6, 6.07) is 5.21. The molecule has 2 aliphatic heterocycles. The van der Waals surface area contributed by atoms with Gasteiger partial charge in [0.05, 0.1) is 30.3 Å². The van der Waals surface area contributed by atoms with Crippen LogP contribution in [0.5, 0.6) is 5.75 Å². The van der Waals surface area contributed by atoms with Gasteiger partial charge in [0.25, 0.3) is 0 Å². The molecule has 2 bridgehead atoms. The lowest BCUT2D eigenvalue weighted by Crippen LogP contribution is -2.55. The molecule has 3 aromatic rings. The number of phenolic OH excluding ortho intramolecular Hbond substituents is 1. The molecule has 2 fully saturated rings. The van der Waals surface area contributed by atoms with Crippen LogP contribution in [-0.2, 0) is 6.80 Å². The number of piperidine rings is 1. The lowest BCUT2D eigenvalue weighted by molar-refractivity contribution is 0.176. The van der Waals surface area contributed by atoms with Crippen LogP contribution in [0, 0.1) is 0 Å². The Morgan fingerprint density at radius 2 is 2.06 bits per heavy atom. The number of fused-ring (bicyclic) bond motifs is 2. The molecule has 2 N–H and O–H groups in total. The van der Waals surface area contributed by atoms with Crippen LogP contribution in [0.4, 0.5) is 14.6 Å². The third-order valence-corrected chi connectivity index (χ3v) is 6.41. The van der Waals surface area contributed by atoms with Crippen LogP contribution in [0.2, 0.25) is 0 Å². The number of alkyl halides is 2. The lowest BCUT2D eigenvalue weighted by atomic mass is 9.96. The van der Waals surface area contributed by atoms with E-state index < -0.39 is 13.0 Å². The van der Waals surface area contributed by atoms with Gasteiger partial charge in [0.15, 0.2) is 6.80 Å². The maximum Gasteiger partial charge on any atom is 0.181 e. The predicted octanol–water partition coefficient (Wildman–Crippen LogP) is 3.31. The molecule has 31 heavy (non-hydrogen) atoms. The number of hydrogen-bond acceptors (Lipinski definition) is 6.